The molecule has 6 fully saturated rings. The average Bonchev–Trinajstić information content (AvgIpc) is 3.93. The van der Waals surface area contributed by atoms with Gasteiger partial charge in [-0.25, -0.2) is 15.0 Å². The smallest absolute Gasteiger partial charge is 0.129 e. The zero-order valence-electron chi connectivity index (χ0n) is 25.7. The fourth-order valence-corrected chi connectivity index (χ4v) is 10.4. The SMILES string of the molecule is Clc1ccc(C2CC3CCC2N3)cn1.Clc1ccc(C2CC3CCC2N3CCCN2C3CCC2C(c2ccc(Cl)nc2)C3)cn1. The minimum absolute atomic E-state index is 0.588. The third-order valence-electron chi connectivity index (χ3n) is 12.0. The van der Waals surface area contributed by atoms with Gasteiger partial charge in [-0.2, -0.15) is 0 Å². The Morgan fingerprint density at radius 1 is 0.578 bits per heavy atom. The molecule has 238 valence electrons. The van der Waals surface area contributed by atoms with Crippen LogP contribution in [0.4, 0.5) is 0 Å². The van der Waals surface area contributed by atoms with Crippen LogP contribution in [0.2, 0.25) is 15.5 Å². The second kappa shape index (κ2) is 13.0. The van der Waals surface area contributed by atoms with Crippen LogP contribution in [0.15, 0.2) is 55.0 Å². The normalized spacial score (nSPS) is 34.9. The molecule has 3 aromatic heterocycles. The number of hydrogen-bond donors (Lipinski definition) is 1. The minimum atomic E-state index is 0.588. The number of halogens is 3. The average molecular weight is 666 g/mol. The van der Waals surface area contributed by atoms with Gasteiger partial charge in [0.15, 0.2) is 0 Å². The Bertz CT molecular complexity index is 1380. The van der Waals surface area contributed by atoms with Crippen LogP contribution in [0, 0.1) is 0 Å². The van der Waals surface area contributed by atoms with Crippen LogP contribution in [0.25, 0.3) is 0 Å². The first-order chi connectivity index (χ1) is 22.0. The summed E-state index contributed by atoms with van der Waals surface area (Å²) >= 11 is 17.8. The zero-order valence-corrected chi connectivity index (χ0v) is 28.0. The molecule has 0 saturated carbocycles. The van der Waals surface area contributed by atoms with Crippen LogP contribution in [0.5, 0.6) is 0 Å². The summed E-state index contributed by atoms with van der Waals surface area (Å²) in [5.74, 6) is 1.93. The van der Waals surface area contributed by atoms with Gasteiger partial charge < -0.3 is 5.32 Å². The predicted octanol–water partition coefficient (Wildman–Crippen LogP) is 7.86. The minimum Gasteiger partial charge on any atom is -0.311 e. The highest BCUT2D eigenvalue weighted by molar-refractivity contribution is 6.29. The molecule has 9 heterocycles. The maximum Gasteiger partial charge on any atom is 0.129 e. The van der Waals surface area contributed by atoms with E-state index >= 15 is 0 Å². The van der Waals surface area contributed by atoms with Gasteiger partial charge in [0.05, 0.1) is 0 Å². The van der Waals surface area contributed by atoms with Crippen molar-refractivity contribution in [3.8, 4) is 0 Å². The molecule has 0 amide bonds. The highest BCUT2D eigenvalue weighted by Crippen LogP contribution is 2.48. The summed E-state index contributed by atoms with van der Waals surface area (Å²) in [7, 11) is 0. The Kier molecular flexibility index (Phi) is 8.83. The van der Waals surface area contributed by atoms with Crippen molar-refractivity contribution in [1.29, 1.82) is 0 Å². The van der Waals surface area contributed by atoms with Crippen LogP contribution in [0.1, 0.15) is 98.7 Å². The van der Waals surface area contributed by atoms with Gasteiger partial charge in [-0.05, 0) is 112 Å². The third-order valence-corrected chi connectivity index (χ3v) is 12.7. The first kappa shape index (κ1) is 30.5. The molecule has 6 aliphatic heterocycles. The summed E-state index contributed by atoms with van der Waals surface area (Å²) < 4.78 is 0. The highest BCUT2D eigenvalue weighted by Gasteiger charge is 2.48. The Balaban J connectivity index is 0.000000178. The van der Waals surface area contributed by atoms with Crippen molar-refractivity contribution in [1.82, 2.24) is 30.1 Å². The maximum atomic E-state index is 6.01. The molecule has 9 unspecified atom stereocenters. The van der Waals surface area contributed by atoms with E-state index in [1.165, 1.54) is 94.0 Å². The molecule has 9 heteroatoms. The molecule has 3 aromatic rings. The molecule has 1 N–H and O–H groups in total. The fourth-order valence-electron chi connectivity index (χ4n) is 10.1. The van der Waals surface area contributed by atoms with E-state index in [0.717, 1.165) is 18.1 Å². The van der Waals surface area contributed by atoms with Gasteiger partial charge in [0.1, 0.15) is 15.5 Å². The molecule has 0 aromatic carbocycles. The van der Waals surface area contributed by atoms with Crippen molar-refractivity contribution >= 4 is 34.8 Å². The summed E-state index contributed by atoms with van der Waals surface area (Å²) in [5, 5.41) is 5.41. The maximum absolute atomic E-state index is 6.01. The first-order valence-corrected chi connectivity index (χ1v) is 18.3. The van der Waals surface area contributed by atoms with Gasteiger partial charge >= 0.3 is 0 Å². The van der Waals surface area contributed by atoms with Crippen molar-refractivity contribution in [2.24, 2.45) is 0 Å². The second-order valence-electron chi connectivity index (χ2n) is 14.2. The lowest BCUT2D eigenvalue weighted by Gasteiger charge is -2.27. The monoisotopic (exact) mass is 664 g/mol. The number of hydrogen-bond acceptors (Lipinski definition) is 6. The summed E-state index contributed by atoms with van der Waals surface area (Å²) in [6.07, 6.45) is 19.1. The summed E-state index contributed by atoms with van der Waals surface area (Å²) in [4.78, 5) is 18.5. The van der Waals surface area contributed by atoms with Gasteiger partial charge in [-0.15, -0.1) is 0 Å². The lowest BCUT2D eigenvalue weighted by atomic mass is 9.85. The van der Waals surface area contributed by atoms with Crippen molar-refractivity contribution < 1.29 is 0 Å². The van der Waals surface area contributed by atoms with Gasteiger partial charge in [0.2, 0.25) is 0 Å². The van der Waals surface area contributed by atoms with Gasteiger partial charge in [0.25, 0.3) is 0 Å². The van der Waals surface area contributed by atoms with Crippen molar-refractivity contribution in [3.63, 3.8) is 0 Å². The van der Waals surface area contributed by atoms with E-state index < -0.39 is 0 Å². The molecule has 6 bridgehead atoms. The fraction of sp³-hybridized carbons (Fsp3) is 0.583. The number of aromatic nitrogens is 3. The third kappa shape index (κ3) is 6.16. The first-order valence-electron chi connectivity index (χ1n) is 17.1. The number of rotatable bonds is 7. The lowest BCUT2D eigenvalue weighted by molar-refractivity contribution is 0.200. The number of fused-ring (bicyclic) bond motifs is 6. The Labute approximate surface area is 282 Å². The molecule has 0 aliphatic carbocycles. The predicted molar refractivity (Wildman–Crippen MR) is 181 cm³/mol. The van der Waals surface area contributed by atoms with Crippen LogP contribution >= 0.6 is 34.8 Å². The van der Waals surface area contributed by atoms with Crippen LogP contribution in [0.3, 0.4) is 0 Å². The Morgan fingerprint density at radius 2 is 1.07 bits per heavy atom. The molecule has 9 rings (SSSR count). The lowest BCUT2D eigenvalue weighted by Crippen LogP contribution is -2.36. The number of nitrogens with one attached hydrogen (secondary N) is 1. The van der Waals surface area contributed by atoms with E-state index in [2.05, 4.69) is 48.3 Å². The van der Waals surface area contributed by atoms with E-state index in [0.29, 0.717) is 51.3 Å². The molecule has 6 aliphatic rings. The standard InChI is InChI=1S/C25H30Cl2N4.C11H13ClN2/c26-24-8-2-16(14-28-24)20-12-18-4-6-22(20)30(18)10-1-11-31-19-5-7-23(31)21(13-19)17-3-9-25(27)29-15-17;12-11-4-1-7(6-13-11)9-5-8-2-3-10(9)14-8/h2-3,8-9,14-15,18-23H,1,4-7,10-13H2;1,4,6,8-10,14H,2-3,5H2. The van der Waals surface area contributed by atoms with Gasteiger partial charge in [-0.3, -0.25) is 9.80 Å². The second-order valence-corrected chi connectivity index (χ2v) is 15.4. The van der Waals surface area contributed by atoms with Crippen molar-refractivity contribution in [2.45, 2.75) is 118 Å². The van der Waals surface area contributed by atoms with Gasteiger partial charge in [0, 0.05) is 72.6 Å². The van der Waals surface area contributed by atoms with Gasteiger partial charge in [-0.1, -0.05) is 53.0 Å². The van der Waals surface area contributed by atoms with E-state index in [1.807, 2.05) is 36.8 Å². The largest absolute Gasteiger partial charge is 0.311 e. The van der Waals surface area contributed by atoms with E-state index in [4.69, 9.17) is 34.8 Å². The topological polar surface area (TPSA) is 57.2 Å². The van der Waals surface area contributed by atoms with Crippen LogP contribution < -0.4 is 5.32 Å². The Morgan fingerprint density at radius 3 is 1.47 bits per heavy atom. The van der Waals surface area contributed by atoms with E-state index in [-0.39, 0.29) is 0 Å². The summed E-state index contributed by atoms with van der Waals surface area (Å²) in [6, 6.07) is 16.6. The van der Waals surface area contributed by atoms with E-state index in [9.17, 15) is 0 Å². The molecule has 0 spiro atoms. The quantitative estimate of drug-likeness (QED) is 0.260. The van der Waals surface area contributed by atoms with Crippen LogP contribution in [-0.2, 0) is 0 Å². The Hall–Kier alpha value is -1.80. The molecule has 6 nitrogen and oxygen atoms in total. The summed E-state index contributed by atoms with van der Waals surface area (Å²) in [5.41, 5.74) is 4.09. The molecule has 6 saturated heterocycles. The highest BCUT2D eigenvalue weighted by atomic mass is 35.5. The molecule has 9 atom stereocenters. The number of nitrogens with zero attached hydrogens (tertiary/aromatic N) is 5. The zero-order chi connectivity index (χ0) is 30.5. The van der Waals surface area contributed by atoms with Crippen LogP contribution in [-0.4, -0.2) is 74.1 Å². The molecule has 0 radical (unpaired) electrons. The van der Waals surface area contributed by atoms with E-state index in [1.54, 1.807) is 0 Å². The molecular formula is C36H43Cl3N6. The molecular weight excluding hydrogens is 623 g/mol. The summed E-state index contributed by atoms with van der Waals surface area (Å²) in [6.45, 7) is 2.46. The number of pyridine rings is 3. The molecule has 45 heavy (non-hydrogen) atoms. The van der Waals surface area contributed by atoms with Crippen molar-refractivity contribution in [2.75, 3.05) is 13.1 Å². The van der Waals surface area contributed by atoms with Crippen molar-refractivity contribution in [3.05, 3.63) is 87.1 Å².